The molecule has 0 aliphatic heterocycles. The van der Waals surface area contributed by atoms with Crippen LogP contribution in [0.4, 0.5) is 5.69 Å². The Balaban J connectivity index is 2.32. The number of benzene rings is 2. The van der Waals surface area contributed by atoms with Crippen LogP contribution in [0.1, 0.15) is 57.6 Å². The number of amides is 2. The average Bonchev–Trinajstić information content (AvgIpc) is 2.84. The topological polar surface area (TPSA) is 86.8 Å². The molecule has 2 atom stereocenters. The zero-order valence-electron chi connectivity index (χ0n) is 22.4. The van der Waals surface area contributed by atoms with Gasteiger partial charge >= 0.3 is 0 Å². The van der Waals surface area contributed by atoms with Gasteiger partial charge in [-0.15, -0.1) is 0 Å². The number of halogens is 3. The standard InChI is InChI=1S/C27H36Cl3N3O4S/c1-6-19(4)31-27(35)24(7-2)32(17-21-22(29)10-8-11-23(21)30)26(34)12-9-15-33(38(5,36)37)25-16-20(28)14-13-18(25)3/h8,10-11,13-14,16,19,24H,6-7,9,12,15,17H2,1-5H3,(H,31,35)/t19-,24+/m1/s1. The third-order valence-electron chi connectivity index (χ3n) is 6.37. The maximum Gasteiger partial charge on any atom is 0.243 e. The lowest BCUT2D eigenvalue weighted by atomic mass is 10.1. The molecule has 0 radical (unpaired) electrons. The molecule has 0 saturated carbocycles. The highest BCUT2D eigenvalue weighted by Crippen LogP contribution is 2.29. The second-order valence-electron chi connectivity index (χ2n) is 9.33. The van der Waals surface area contributed by atoms with Crippen LogP contribution in [-0.4, -0.2) is 50.0 Å². The summed E-state index contributed by atoms with van der Waals surface area (Å²) in [4.78, 5) is 28.2. The van der Waals surface area contributed by atoms with E-state index in [0.29, 0.717) is 32.7 Å². The van der Waals surface area contributed by atoms with Crippen molar-refractivity contribution in [2.24, 2.45) is 0 Å². The molecule has 2 amide bonds. The van der Waals surface area contributed by atoms with E-state index in [4.69, 9.17) is 34.8 Å². The van der Waals surface area contributed by atoms with Gasteiger partial charge in [-0.2, -0.15) is 0 Å². The average molecular weight is 605 g/mol. The number of sulfonamides is 1. The molecule has 0 fully saturated rings. The van der Waals surface area contributed by atoms with Crippen LogP contribution in [-0.2, 0) is 26.2 Å². The lowest BCUT2D eigenvalue weighted by Crippen LogP contribution is -2.50. The van der Waals surface area contributed by atoms with Gasteiger partial charge in [0.2, 0.25) is 21.8 Å². The van der Waals surface area contributed by atoms with Crippen molar-refractivity contribution >= 4 is 62.3 Å². The third kappa shape index (κ3) is 8.76. The molecule has 210 valence electrons. The number of carbonyl (C=O) groups is 2. The Morgan fingerprint density at radius 2 is 1.66 bits per heavy atom. The maximum absolute atomic E-state index is 13.6. The Morgan fingerprint density at radius 3 is 2.21 bits per heavy atom. The van der Waals surface area contributed by atoms with Crippen LogP contribution < -0.4 is 9.62 Å². The van der Waals surface area contributed by atoms with Gasteiger partial charge in [-0.3, -0.25) is 13.9 Å². The van der Waals surface area contributed by atoms with Crippen LogP contribution >= 0.6 is 34.8 Å². The fourth-order valence-electron chi connectivity index (χ4n) is 4.05. The molecule has 0 aliphatic rings. The summed E-state index contributed by atoms with van der Waals surface area (Å²) in [5, 5.41) is 4.16. The van der Waals surface area contributed by atoms with Crippen molar-refractivity contribution in [3.05, 3.63) is 62.6 Å². The van der Waals surface area contributed by atoms with Crippen LogP contribution in [0.2, 0.25) is 15.1 Å². The molecule has 0 aliphatic carbocycles. The van der Waals surface area contributed by atoms with Crippen molar-refractivity contribution < 1.29 is 18.0 Å². The van der Waals surface area contributed by atoms with Crippen LogP contribution in [0.15, 0.2) is 36.4 Å². The highest BCUT2D eigenvalue weighted by molar-refractivity contribution is 7.92. The smallest absolute Gasteiger partial charge is 0.243 e. The van der Waals surface area contributed by atoms with Gasteiger partial charge in [0.05, 0.1) is 11.9 Å². The fourth-order valence-corrected chi connectivity index (χ4v) is 5.75. The van der Waals surface area contributed by atoms with E-state index in [1.807, 2.05) is 20.8 Å². The van der Waals surface area contributed by atoms with E-state index in [1.165, 1.54) is 9.21 Å². The summed E-state index contributed by atoms with van der Waals surface area (Å²) in [7, 11) is -3.64. The normalized spacial score (nSPS) is 13.1. The van der Waals surface area contributed by atoms with Gasteiger partial charge < -0.3 is 10.2 Å². The van der Waals surface area contributed by atoms with Crippen molar-refractivity contribution in [2.75, 3.05) is 17.1 Å². The summed E-state index contributed by atoms with van der Waals surface area (Å²) in [5.41, 5.74) is 1.76. The summed E-state index contributed by atoms with van der Waals surface area (Å²) >= 11 is 18.9. The second kappa shape index (κ2) is 14.4. The highest BCUT2D eigenvalue weighted by atomic mass is 35.5. The Morgan fingerprint density at radius 1 is 1.03 bits per heavy atom. The number of aryl methyl sites for hydroxylation is 1. The number of nitrogens with one attached hydrogen (secondary N) is 1. The van der Waals surface area contributed by atoms with Crippen molar-refractivity contribution in [3.8, 4) is 0 Å². The molecule has 0 aromatic heterocycles. The Bertz CT molecular complexity index is 1220. The van der Waals surface area contributed by atoms with Gasteiger partial charge in [0.1, 0.15) is 6.04 Å². The quantitative estimate of drug-likeness (QED) is 0.294. The first kappa shape index (κ1) is 32.2. The molecule has 0 unspecified atom stereocenters. The van der Waals surface area contributed by atoms with E-state index >= 15 is 0 Å². The number of hydrogen-bond donors (Lipinski definition) is 1. The molecule has 7 nitrogen and oxygen atoms in total. The maximum atomic E-state index is 13.6. The first-order valence-corrected chi connectivity index (χ1v) is 15.5. The van der Waals surface area contributed by atoms with Gasteiger partial charge in [0, 0.05) is 46.2 Å². The van der Waals surface area contributed by atoms with Crippen molar-refractivity contribution in [1.29, 1.82) is 0 Å². The molecule has 0 spiro atoms. The van der Waals surface area contributed by atoms with Crippen LogP contribution in [0.5, 0.6) is 0 Å². The van der Waals surface area contributed by atoms with E-state index in [2.05, 4.69) is 5.32 Å². The summed E-state index contributed by atoms with van der Waals surface area (Å²) in [5.74, 6) is -0.561. The second-order valence-corrected chi connectivity index (χ2v) is 12.5. The zero-order valence-corrected chi connectivity index (χ0v) is 25.5. The van der Waals surface area contributed by atoms with Gasteiger partial charge in [-0.05, 0) is 62.9 Å². The molecule has 2 rings (SSSR count). The molecular weight excluding hydrogens is 569 g/mol. The lowest BCUT2D eigenvalue weighted by molar-refractivity contribution is -0.141. The third-order valence-corrected chi connectivity index (χ3v) is 8.49. The molecule has 11 heteroatoms. The molecule has 1 N–H and O–H groups in total. The number of carbonyl (C=O) groups excluding carboxylic acids is 2. The summed E-state index contributed by atoms with van der Waals surface area (Å²) in [6, 6.07) is 9.32. The van der Waals surface area contributed by atoms with Gasteiger partial charge in [0.25, 0.3) is 0 Å². The van der Waals surface area contributed by atoms with E-state index in [9.17, 15) is 18.0 Å². The van der Waals surface area contributed by atoms with Crippen LogP contribution in [0.25, 0.3) is 0 Å². The predicted molar refractivity (Wildman–Crippen MR) is 157 cm³/mol. The molecule has 2 aromatic rings. The Hall–Kier alpha value is -2.00. The van der Waals surface area contributed by atoms with Gasteiger partial charge in [-0.1, -0.05) is 60.8 Å². The molecule has 2 aromatic carbocycles. The van der Waals surface area contributed by atoms with Crippen molar-refractivity contribution in [1.82, 2.24) is 10.2 Å². The highest BCUT2D eigenvalue weighted by Gasteiger charge is 2.30. The molecular formula is C27H36Cl3N3O4S. The minimum absolute atomic E-state index is 0.0147. The SMILES string of the molecule is CC[C@@H](C)NC(=O)[C@H](CC)N(Cc1c(Cl)cccc1Cl)C(=O)CCCN(c1cc(Cl)ccc1C)S(C)(=O)=O. The van der Waals surface area contributed by atoms with Gasteiger partial charge in [-0.25, -0.2) is 8.42 Å². The van der Waals surface area contributed by atoms with E-state index in [1.54, 1.807) is 43.3 Å². The van der Waals surface area contributed by atoms with Crippen molar-refractivity contribution in [3.63, 3.8) is 0 Å². The van der Waals surface area contributed by atoms with Crippen LogP contribution in [0.3, 0.4) is 0 Å². The lowest BCUT2D eigenvalue weighted by Gasteiger charge is -2.32. The summed E-state index contributed by atoms with van der Waals surface area (Å²) < 4.78 is 26.5. The number of nitrogens with zero attached hydrogens (tertiary/aromatic N) is 2. The van der Waals surface area contributed by atoms with Crippen molar-refractivity contribution in [2.45, 2.75) is 72.0 Å². The summed E-state index contributed by atoms with van der Waals surface area (Å²) in [6.07, 6.45) is 2.49. The summed E-state index contributed by atoms with van der Waals surface area (Å²) in [6.45, 7) is 7.62. The first-order chi connectivity index (χ1) is 17.8. The Kier molecular flexibility index (Phi) is 12.2. The minimum Gasteiger partial charge on any atom is -0.352 e. The first-order valence-electron chi connectivity index (χ1n) is 12.6. The fraction of sp³-hybridized carbons (Fsp3) is 0.481. The Labute approximate surface area is 241 Å². The van der Waals surface area contributed by atoms with Crippen LogP contribution in [0, 0.1) is 6.92 Å². The van der Waals surface area contributed by atoms with Gasteiger partial charge in [0.15, 0.2) is 0 Å². The number of rotatable bonds is 13. The molecule has 38 heavy (non-hydrogen) atoms. The molecule has 0 saturated heterocycles. The monoisotopic (exact) mass is 603 g/mol. The molecule has 0 bridgehead atoms. The predicted octanol–water partition coefficient (Wildman–Crippen LogP) is 6.22. The largest absolute Gasteiger partial charge is 0.352 e. The minimum atomic E-state index is -3.64. The van der Waals surface area contributed by atoms with E-state index in [0.717, 1.165) is 18.2 Å². The zero-order chi connectivity index (χ0) is 28.6. The van der Waals surface area contributed by atoms with E-state index < -0.39 is 16.1 Å². The number of anilines is 1. The number of hydrogen-bond acceptors (Lipinski definition) is 4. The van der Waals surface area contributed by atoms with E-state index in [-0.39, 0.29) is 43.8 Å². The molecule has 0 heterocycles.